The van der Waals surface area contributed by atoms with Gasteiger partial charge in [0.2, 0.25) is 5.89 Å². The van der Waals surface area contributed by atoms with Crippen LogP contribution in [0.15, 0.2) is 22.6 Å². The molecule has 0 radical (unpaired) electrons. The van der Waals surface area contributed by atoms with Gasteiger partial charge in [0, 0.05) is 13.1 Å². The third-order valence-electron chi connectivity index (χ3n) is 3.90. The number of amides is 1. The van der Waals surface area contributed by atoms with Gasteiger partial charge >= 0.3 is 12.1 Å². The van der Waals surface area contributed by atoms with Gasteiger partial charge in [-0.3, -0.25) is 4.79 Å². The number of carbonyl (C=O) groups excluding carboxylic acids is 1. The number of alkyl halides is 3. The molecule has 5 nitrogen and oxygen atoms in total. The lowest BCUT2D eigenvalue weighted by Crippen LogP contribution is -2.39. The molecular formula is C15H12ClF4N3O2. The first-order valence-corrected chi connectivity index (χ1v) is 7.78. The second kappa shape index (κ2) is 6.62. The predicted octanol–water partition coefficient (Wildman–Crippen LogP) is 3.90. The fraction of sp³-hybridized carbons (Fsp3) is 0.400. The molecule has 134 valence electrons. The lowest BCUT2D eigenvalue weighted by atomic mass is 9.97. The number of aromatic nitrogens is 2. The van der Waals surface area contributed by atoms with Crippen LogP contribution in [-0.4, -0.2) is 34.1 Å². The van der Waals surface area contributed by atoms with Crippen molar-refractivity contribution >= 4 is 17.5 Å². The average Bonchev–Trinajstić information content (AvgIpc) is 3.05. The maximum atomic E-state index is 13.1. The van der Waals surface area contributed by atoms with Crippen molar-refractivity contribution in [1.29, 1.82) is 0 Å². The smallest absolute Gasteiger partial charge is 0.417 e. The summed E-state index contributed by atoms with van der Waals surface area (Å²) in [6.45, 7) is 0.523. The predicted molar refractivity (Wildman–Crippen MR) is 78.6 cm³/mol. The molecule has 1 amide bonds. The Kier molecular flexibility index (Phi) is 4.68. The standard InChI is InChI=1S/C15H12ClF4N3O2/c16-11-6-9(17)3-4-10(11)13(24)23-5-1-2-8(7-23)12-21-22-14(25-12)15(18,19)20/h3-4,6,8H,1-2,5,7H2. The lowest BCUT2D eigenvalue weighted by Gasteiger charge is -2.31. The molecule has 1 saturated heterocycles. The first-order valence-electron chi connectivity index (χ1n) is 7.40. The molecule has 10 heteroatoms. The van der Waals surface area contributed by atoms with Crippen LogP contribution in [0.25, 0.3) is 0 Å². The van der Waals surface area contributed by atoms with Crippen LogP contribution in [0.5, 0.6) is 0 Å². The van der Waals surface area contributed by atoms with E-state index in [4.69, 9.17) is 16.0 Å². The zero-order chi connectivity index (χ0) is 18.2. The van der Waals surface area contributed by atoms with E-state index in [-0.39, 0.29) is 23.0 Å². The molecule has 0 bridgehead atoms. The Morgan fingerprint density at radius 3 is 2.72 bits per heavy atom. The van der Waals surface area contributed by atoms with Crippen LogP contribution in [0.4, 0.5) is 17.6 Å². The zero-order valence-electron chi connectivity index (χ0n) is 12.7. The highest BCUT2D eigenvalue weighted by atomic mass is 35.5. The molecule has 3 rings (SSSR count). The third kappa shape index (κ3) is 3.76. The molecule has 1 aromatic heterocycles. The number of carbonyl (C=O) groups is 1. The van der Waals surface area contributed by atoms with Crippen molar-refractivity contribution in [1.82, 2.24) is 15.1 Å². The van der Waals surface area contributed by atoms with E-state index in [0.29, 0.717) is 19.4 Å². The van der Waals surface area contributed by atoms with Gasteiger partial charge < -0.3 is 9.32 Å². The maximum absolute atomic E-state index is 13.1. The summed E-state index contributed by atoms with van der Waals surface area (Å²) < 4.78 is 55.5. The first kappa shape index (κ1) is 17.7. The minimum absolute atomic E-state index is 0.0238. The van der Waals surface area contributed by atoms with E-state index in [0.717, 1.165) is 12.1 Å². The zero-order valence-corrected chi connectivity index (χ0v) is 13.4. The van der Waals surface area contributed by atoms with Gasteiger partial charge in [0.25, 0.3) is 5.91 Å². The van der Waals surface area contributed by atoms with Crippen molar-refractivity contribution in [2.24, 2.45) is 0 Å². The number of rotatable bonds is 2. The number of nitrogens with zero attached hydrogens (tertiary/aromatic N) is 3. The SMILES string of the molecule is O=C(c1ccc(F)cc1Cl)N1CCCC(c2nnc(C(F)(F)F)o2)C1. The van der Waals surface area contributed by atoms with Gasteiger partial charge in [-0.05, 0) is 31.0 Å². The Bertz CT molecular complexity index is 793. The van der Waals surface area contributed by atoms with Crippen LogP contribution >= 0.6 is 11.6 Å². The van der Waals surface area contributed by atoms with Crippen LogP contribution in [0.2, 0.25) is 5.02 Å². The van der Waals surface area contributed by atoms with Gasteiger partial charge in [0.1, 0.15) is 5.82 Å². The quantitative estimate of drug-likeness (QED) is 0.745. The number of likely N-dealkylation sites (tertiary alicyclic amines) is 1. The molecule has 2 aromatic rings. The second-order valence-electron chi connectivity index (χ2n) is 5.66. The van der Waals surface area contributed by atoms with Crippen molar-refractivity contribution in [2.45, 2.75) is 24.9 Å². The van der Waals surface area contributed by atoms with Crippen molar-refractivity contribution in [3.05, 3.63) is 46.4 Å². The van der Waals surface area contributed by atoms with Gasteiger partial charge in [0.15, 0.2) is 0 Å². The molecule has 0 spiro atoms. The molecule has 1 aliphatic heterocycles. The monoisotopic (exact) mass is 377 g/mol. The van der Waals surface area contributed by atoms with Crippen molar-refractivity contribution < 1.29 is 26.8 Å². The summed E-state index contributed by atoms with van der Waals surface area (Å²) >= 11 is 5.90. The Morgan fingerprint density at radius 2 is 2.08 bits per heavy atom. The molecule has 0 aliphatic carbocycles. The molecule has 0 N–H and O–H groups in total. The van der Waals surface area contributed by atoms with E-state index >= 15 is 0 Å². The van der Waals surface area contributed by atoms with E-state index in [1.54, 1.807) is 0 Å². The minimum Gasteiger partial charge on any atom is -0.417 e. The molecule has 1 aliphatic rings. The lowest BCUT2D eigenvalue weighted by molar-refractivity contribution is -0.157. The van der Waals surface area contributed by atoms with Crippen molar-refractivity contribution in [3.8, 4) is 0 Å². The summed E-state index contributed by atoms with van der Waals surface area (Å²) in [5, 5.41) is 6.43. The average molecular weight is 378 g/mol. The fourth-order valence-electron chi connectivity index (χ4n) is 2.71. The van der Waals surface area contributed by atoms with Crippen LogP contribution in [-0.2, 0) is 6.18 Å². The maximum Gasteiger partial charge on any atom is 0.470 e. The molecular weight excluding hydrogens is 366 g/mol. The summed E-state index contributed by atoms with van der Waals surface area (Å²) in [7, 11) is 0. The number of benzene rings is 1. The Labute approximate surface area is 144 Å². The molecule has 25 heavy (non-hydrogen) atoms. The van der Waals surface area contributed by atoms with Crippen LogP contribution in [0.1, 0.15) is 40.9 Å². The largest absolute Gasteiger partial charge is 0.470 e. The van der Waals surface area contributed by atoms with Gasteiger partial charge in [-0.1, -0.05) is 11.6 Å². The highest BCUT2D eigenvalue weighted by Gasteiger charge is 2.39. The molecule has 1 aromatic carbocycles. The summed E-state index contributed by atoms with van der Waals surface area (Å²) in [6.07, 6.45) is -3.64. The van der Waals surface area contributed by atoms with E-state index in [1.165, 1.54) is 11.0 Å². The van der Waals surface area contributed by atoms with Gasteiger partial charge in [-0.15, -0.1) is 10.2 Å². The highest BCUT2D eigenvalue weighted by molar-refractivity contribution is 6.33. The minimum atomic E-state index is -4.71. The van der Waals surface area contributed by atoms with Gasteiger partial charge in [-0.25, -0.2) is 4.39 Å². The fourth-order valence-corrected chi connectivity index (χ4v) is 2.96. The summed E-state index contributed by atoms with van der Waals surface area (Å²) in [6, 6.07) is 3.43. The number of hydrogen-bond donors (Lipinski definition) is 0. The molecule has 1 atom stereocenters. The number of piperidine rings is 1. The number of hydrogen-bond acceptors (Lipinski definition) is 4. The number of halogens is 5. The Morgan fingerprint density at radius 1 is 1.32 bits per heavy atom. The summed E-state index contributed by atoms with van der Waals surface area (Å²) in [5.41, 5.74) is 0.130. The van der Waals surface area contributed by atoms with Gasteiger partial charge in [-0.2, -0.15) is 13.2 Å². The molecule has 2 heterocycles. The van der Waals surface area contributed by atoms with Crippen LogP contribution in [0.3, 0.4) is 0 Å². The Hall–Kier alpha value is -2.16. The van der Waals surface area contributed by atoms with E-state index in [1.807, 2.05) is 0 Å². The highest BCUT2D eigenvalue weighted by Crippen LogP contribution is 2.32. The first-order chi connectivity index (χ1) is 11.8. The Balaban J connectivity index is 1.77. The van der Waals surface area contributed by atoms with Crippen LogP contribution in [0, 0.1) is 5.82 Å². The normalized spacial score (nSPS) is 18.4. The molecule has 0 saturated carbocycles. The summed E-state index contributed by atoms with van der Waals surface area (Å²) in [4.78, 5) is 14.0. The van der Waals surface area contributed by atoms with E-state index in [2.05, 4.69) is 10.2 Å². The van der Waals surface area contributed by atoms with Gasteiger partial charge in [0.05, 0.1) is 16.5 Å². The summed E-state index contributed by atoms with van der Waals surface area (Å²) in [5.74, 6) is -3.06. The van der Waals surface area contributed by atoms with E-state index in [9.17, 15) is 22.4 Å². The second-order valence-corrected chi connectivity index (χ2v) is 6.06. The molecule has 1 fully saturated rings. The molecule has 1 unspecified atom stereocenters. The topological polar surface area (TPSA) is 59.2 Å². The van der Waals surface area contributed by atoms with Crippen LogP contribution < -0.4 is 0 Å². The van der Waals surface area contributed by atoms with Crippen molar-refractivity contribution in [2.75, 3.05) is 13.1 Å². The third-order valence-corrected chi connectivity index (χ3v) is 4.22. The van der Waals surface area contributed by atoms with Crippen molar-refractivity contribution in [3.63, 3.8) is 0 Å². The van der Waals surface area contributed by atoms with E-state index < -0.39 is 29.7 Å².